The summed E-state index contributed by atoms with van der Waals surface area (Å²) in [6, 6.07) is 14.2. The Balaban J connectivity index is 1.37. The summed E-state index contributed by atoms with van der Waals surface area (Å²) in [5.41, 5.74) is 3.20. The summed E-state index contributed by atoms with van der Waals surface area (Å²) in [6.45, 7) is 4.19. The first-order chi connectivity index (χ1) is 13.7. The highest BCUT2D eigenvalue weighted by atomic mass is 16.5. The zero-order valence-corrected chi connectivity index (χ0v) is 16.0. The normalized spacial score (nSPS) is 21.8. The van der Waals surface area contributed by atoms with Crippen LogP contribution in [0.25, 0.3) is 11.3 Å². The number of nitrogens with zero attached hydrogens (tertiary/aromatic N) is 4. The van der Waals surface area contributed by atoms with E-state index < -0.39 is 0 Å². The smallest absolute Gasteiger partial charge is 0.135 e. The highest BCUT2D eigenvalue weighted by Gasteiger charge is 2.43. The molecule has 1 fully saturated rings. The van der Waals surface area contributed by atoms with Gasteiger partial charge in [0.25, 0.3) is 0 Å². The number of hydrogen-bond donors (Lipinski definition) is 0. The highest BCUT2D eigenvalue weighted by Crippen LogP contribution is 2.36. The monoisotopic (exact) mass is 376 g/mol. The second-order valence-corrected chi connectivity index (χ2v) is 7.63. The first kappa shape index (κ1) is 17.4. The number of likely N-dealkylation sites (tertiary alicyclic amines) is 1. The summed E-state index contributed by atoms with van der Waals surface area (Å²) < 4.78 is 14.1. The Morgan fingerprint density at radius 3 is 2.96 bits per heavy atom. The van der Waals surface area contributed by atoms with E-state index in [9.17, 15) is 0 Å². The van der Waals surface area contributed by atoms with E-state index in [0.29, 0.717) is 6.61 Å². The van der Waals surface area contributed by atoms with Crippen LogP contribution in [0.1, 0.15) is 17.9 Å². The molecule has 0 bridgehead atoms. The minimum absolute atomic E-state index is 0.157. The van der Waals surface area contributed by atoms with Crippen LogP contribution in [0.3, 0.4) is 0 Å². The van der Waals surface area contributed by atoms with Gasteiger partial charge in [-0.2, -0.15) is 0 Å². The van der Waals surface area contributed by atoms with Gasteiger partial charge in [0.2, 0.25) is 0 Å². The Bertz CT molecular complexity index is 972. The SMILES string of the molecule is COc1cccc(-c2cnc3n2C[C@]2(CCN(Cc4ccccn4)C2)OC3)c1. The minimum atomic E-state index is -0.157. The highest BCUT2D eigenvalue weighted by molar-refractivity contribution is 5.61. The Kier molecular flexibility index (Phi) is 4.37. The van der Waals surface area contributed by atoms with Gasteiger partial charge < -0.3 is 14.0 Å². The Morgan fingerprint density at radius 2 is 2.11 bits per heavy atom. The van der Waals surface area contributed by atoms with Gasteiger partial charge in [-0.15, -0.1) is 0 Å². The van der Waals surface area contributed by atoms with E-state index in [4.69, 9.17) is 9.47 Å². The largest absolute Gasteiger partial charge is 0.497 e. The Morgan fingerprint density at radius 1 is 1.14 bits per heavy atom. The first-order valence-electron chi connectivity index (χ1n) is 9.70. The summed E-state index contributed by atoms with van der Waals surface area (Å²) in [6.07, 6.45) is 4.83. The molecular weight excluding hydrogens is 352 g/mol. The molecule has 2 aromatic heterocycles. The molecule has 28 heavy (non-hydrogen) atoms. The van der Waals surface area contributed by atoms with Crippen LogP contribution in [-0.4, -0.2) is 45.2 Å². The number of rotatable bonds is 4. The third-order valence-corrected chi connectivity index (χ3v) is 5.76. The van der Waals surface area contributed by atoms with Crippen molar-refractivity contribution in [2.24, 2.45) is 0 Å². The third kappa shape index (κ3) is 3.19. The number of imidazole rings is 1. The lowest BCUT2D eigenvalue weighted by atomic mass is 10.0. The van der Waals surface area contributed by atoms with Crippen LogP contribution in [0.2, 0.25) is 0 Å². The molecule has 0 amide bonds. The zero-order valence-electron chi connectivity index (χ0n) is 16.0. The number of ether oxygens (including phenoxy) is 2. The number of fused-ring (bicyclic) bond motifs is 1. The molecule has 6 heteroatoms. The van der Waals surface area contributed by atoms with Crippen molar-refractivity contribution in [3.63, 3.8) is 0 Å². The number of hydrogen-bond acceptors (Lipinski definition) is 5. The fourth-order valence-electron chi connectivity index (χ4n) is 4.30. The van der Waals surface area contributed by atoms with Crippen molar-refractivity contribution in [3.05, 3.63) is 66.4 Å². The average molecular weight is 376 g/mol. The molecule has 4 heterocycles. The van der Waals surface area contributed by atoms with Crippen molar-refractivity contribution in [1.29, 1.82) is 0 Å². The second-order valence-electron chi connectivity index (χ2n) is 7.63. The third-order valence-electron chi connectivity index (χ3n) is 5.76. The molecule has 6 nitrogen and oxygen atoms in total. The predicted molar refractivity (Wildman–Crippen MR) is 106 cm³/mol. The van der Waals surface area contributed by atoms with Crippen LogP contribution in [-0.2, 0) is 24.4 Å². The van der Waals surface area contributed by atoms with E-state index >= 15 is 0 Å². The van der Waals surface area contributed by atoms with Gasteiger partial charge in [0.05, 0.1) is 31.2 Å². The fraction of sp³-hybridized carbons (Fsp3) is 0.364. The van der Waals surface area contributed by atoms with Crippen LogP contribution in [0, 0.1) is 0 Å². The molecule has 0 saturated carbocycles. The molecule has 0 unspecified atom stereocenters. The standard InChI is InChI=1S/C22H24N4O2/c1-27-19-7-4-5-17(11-19)20-12-24-21-14-28-22(16-26(20)21)8-10-25(15-22)13-18-6-2-3-9-23-18/h2-7,9,11-12H,8,10,13-16H2,1H3/t22-/m1/s1. The molecule has 2 aliphatic rings. The Labute approximate surface area is 164 Å². The molecule has 3 aromatic rings. The quantitative estimate of drug-likeness (QED) is 0.700. The summed E-state index contributed by atoms with van der Waals surface area (Å²) in [5.74, 6) is 1.85. The number of pyridine rings is 1. The van der Waals surface area contributed by atoms with Gasteiger partial charge in [0, 0.05) is 31.4 Å². The van der Waals surface area contributed by atoms with Crippen LogP contribution >= 0.6 is 0 Å². The van der Waals surface area contributed by atoms with Gasteiger partial charge in [-0.05, 0) is 30.7 Å². The van der Waals surface area contributed by atoms with E-state index in [1.807, 2.05) is 36.7 Å². The molecule has 1 aromatic carbocycles. The maximum Gasteiger partial charge on any atom is 0.135 e. The van der Waals surface area contributed by atoms with E-state index in [0.717, 1.165) is 61.1 Å². The van der Waals surface area contributed by atoms with Gasteiger partial charge in [-0.3, -0.25) is 9.88 Å². The summed E-state index contributed by atoms with van der Waals surface area (Å²) in [5, 5.41) is 0. The van der Waals surface area contributed by atoms with E-state index in [1.54, 1.807) is 7.11 Å². The van der Waals surface area contributed by atoms with Crippen LogP contribution < -0.4 is 4.74 Å². The minimum Gasteiger partial charge on any atom is -0.497 e. The Hall–Kier alpha value is -2.70. The molecule has 2 aliphatic heterocycles. The molecule has 1 atom stereocenters. The molecule has 1 spiro atoms. The van der Waals surface area contributed by atoms with Gasteiger partial charge in [0.15, 0.2) is 0 Å². The summed E-state index contributed by atoms with van der Waals surface area (Å²) in [4.78, 5) is 11.5. The zero-order chi connectivity index (χ0) is 19.0. The van der Waals surface area contributed by atoms with Gasteiger partial charge in [0.1, 0.15) is 23.8 Å². The van der Waals surface area contributed by atoms with Gasteiger partial charge >= 0.3 is 0 Å². The lowest BCUT2D eigenvalue weighted by molar-refractivity contribution is -0.0821. The van der Waals surface area contributed by atoms with Crippen LogP contribution in [0.5, 0.6) is 5.75 Å². The first-order valence-corrected chi connectivity index (χ1v) is 9.70. The van der Waals surface area contributed by atoms with Crippen molar-refractivity contribution in [1.82, 2.24) is 19.4 Å². The van der Waals surface area contributed by atoms with Crippen LogP contribution in [0.15, 0.2) is 54.9 Å². The number of benzene rings is 1. The number of methoxy groups -OCH3 is 1. The van der Waals surface area contributed by atoms with Gasteiger partial charge in [-0.25, -0.2) is 4.98 Å². The molecular formula is C22H24N4O2. The predicted octanol–water partition coefficient (Wildman–Crippen LogP) is 3.13. The van der Waals surface area contributed by atoms with Crippen LogP contribution in [0.4, 0.5) is 0 Å². The molecule has 0 aliphatic carbocycles. The summed E-state index contributed by atoms with van der Waals surface area (Å²) in [7, 11) is 1.70. The van der Waals surface area contributed by atoms with Crippen molar-refractivity contribution >= 4 is 0 Å². The van der Waals surface area contributed by atoms with E-state index in [-0.39, 0.29) is 5.60 Å². The average Bonchev–Trinajstić information content (AvgIpc) is 3.33. The lowest BCUT2D eigenvalue weighted by Crippen LogP contribution is -2.44. The lowest BCUT2D eigenvalue weighted by Gasteiger charge is -2.35. The topological polar surface area (TPSA) is 52.4 Å². The molecule has 5 rings (SSSR count). The van der Waals surface area contributed by atoms with Crippen molar-refractivity contribution in [2.45, 2.75) is 31.7 Å². The van der Waals surface area contributed by atoms with Crippen molar-refractivity contribution < 1.29 is 9.47 Å². The van der Waals surface area contributed by atoms with Crippen molar-refractivity contribution in [3.8, 4) is 17.0 Å². The van der Waals surface area contributed by atoms with Crippen molar-refractivity contribution in [2.75, 3.05) is 20.2 Å². The fourth-order valence-corrected chi connectivity index (χ4v) is 4.30. The number of aromatic nitrogens is 3. The van der Waals surface area contributed by atoms with E-state index in [2.05, 4.69) is 37.6 Å². The summed E-state index contributed by atoms with van der Waals surface area (Å²) >= 11 is 0. The maximum absolute atomic E-state index is 6.34. The molecule has 0 N–H and O–H groups in total. The molecule has 0 radical (unpaired) electrons. The maximum atomic E-state index is 6.34. The van der Waals surface area contributed by atoms with E-state index in [1.165, 1.54) is 0 Å². The molecule has 144 valence electrons. The second kappa shape index (κ2) is 7.04. The van der Waals surface area contributed by atoms with Gasteiger partial charge in [-0.1, -0.05) is 18.2 Å². The molecule has 1 saturated heterocycles.